The van der Waals surface area contributed by atoms with E-state index in [1.807, 2.05) is 24.3 Å². The standard InChI is InChI=1S/C14H17Br2NO/c15-12-6-4-10(5-7-12)8-14(18)17-9-11-2-1-3-13(11)16/h4-7,11,13H,1-3,8-9H2,(H,17,18). The molecule has 0 aliphatic heterocycles. The van der Waals surface area contributed by atoms with Crippen molar-refractivity contribution in [3.8, 4) is 0 Å². The summed E-state index contributed by atoms with van der Waals surface area (Å²) < 4.78 is 1.04. The van der Waals surface area contributed by atoms with E-state index < -0.39 is 0 Å². The largest absolute Gasteiger partial charge is 0.355 e. The Morgan fingerprint density at radius 1 is 1.28 bits per heavy atom. The summed E-state index contributed by atoms with van der Waals surface area (Å²) in [5.74, 6) is 0.711. The molecule has 0 aromatic heterocycles. The lowest BCUT2D eigenvalue weighted by Gasteiger charge is -2.14. The highest BCUT2D eigenvalue weighted by Crippen LogP contribution is 2.30. The van der Waals surface area contributed by atoms with Crippen LogP contribution >= 0.6 is 31.9 Å². The van der Waals surface area contributed by atoms with Crippen molar-refractivity contribution in [3.05, 3.63) is 34.3 Å². The highest BCUT2D eigenvalue weighted by molar-refractivity contribution is 9.10. The third-order valence-electron chi connectivity index (χ3n) is 3.41. The van der Waals surface area contributed by atoms with Crippen LogP contribution in [0.1, 0.15) is 24.8 Å². The average Bonchev–Trinajstić information content (AvgIpc) is 2.75. The van der Waals surface area contributed by atoms with E-state index >= 15 is 0 Å². The Hall–Kier alpha value is -0.350. The molecule has 0 spiro atoms. The minimum Gasteiger partial charge on any atom is -0.355 e. The molecule has 1 aliphatic rings. The number of carbonyl (C=O) groups excluding carboxylic acids is 1. The maximum Gasteiger partial charge on any atom is 0.224 e. The number of alkyl halides is 1. The van der Waals surface area contributed by atoms with E-state index in [4.69, 9.17) is 0 Å². The van der Waals surface area contributed by atoms with E-state index in [1.54, 1.807) is 0 Å². The number of hydrogen-bond donors (Lipinski definition) is 1. The van der Waals surface area contributed by atoms with Crippen molar-refractivity contribution < 1.29 is 4.79 Å². The Labute approximate surface area is 125 Å². The molecule has 98 valence electrons. The van der Waals surface area contributed by atoms with Crippen LogP contribution in [0.5, 0.6) is 0 Å². The summed E-state index contributed by atoms with van der Waals surface area (Å²) in [5, 5.41) is 3.04. The first-order valence-corrected chi connectivity index (χ1v) is 8.01. The van der Waals surface area contributed by atoms with E-state index in [-0.39, 0.29) is 5.91 Å². The van der Waals surface area contributed by atoms with Crippen LogP contribution in [0.25, 0.3) is 0 Å². The summed E-state index contributed by atoms with van der Waals surface area (Å²) in [6.07, 6.45) is 4.18. The Morgan fingerprint density at radius 3 is 2.61 bits per heavy atom. The maximum atomic E-state index is 11.8. The molecule has 2 atom stereocenters. The molecule has 0 radical (unpaired) electrons. The monoisotopic (exact) mass is 373 g/mol. The SMILES string of the molecule is O=C(Cc1ccc(Br)cc1)NCC1CCCC1Br. The summed E-state index contributed by atoms with van der Waals surface area (Å²) in [4.78, 5) is 12.4. The maximum absolute atomic E-state index is 11.8. The van der Waals surface area contributed by atoms with Gasteiger partial charge in [-0.3, -0.25) is 4.79 Å². The summed E-state index contributed by atoms with van der Waals surface area (Å²) in [7, 11) is 0. The van der Waals surface area contributed by atoms with Crippen LogP contribution in [0.2, 0.25) is 0 Å². The molecule has 1 saturated carbocycles. The van der Waals surface area contributed by atoms with Crippen LogP contribution < -0.4 is 5.32 Å². The minimum absolute atomic E-state index is 0.115. The molecular weight excluding hydrogens is 358 g/mol. The van der Waals surface area contributed by atoms with Crippen molar-refractivity contribution in [2.24, 2.45) is 5.92 Å². The molecule has 0 heterocycles. The Bertz CT molecular complexity index is 405. The number of hydrogen-bond acceptors (Lipinski definition) is 1. The number of halogens is 2. The molecular formula is C14H17Br2NO. The number of benzene rings is 1. The molecule has 2 nitrogen and oxygen atoms in total. The molecule has 2 rings (SSSR count). The molecule has 1 fully saturated rings. The molecule has 1 aliphatic carbocycles. The lowest BCUT2D eigenvalue weighted by molar-refractivity contribution is -0.120. The topological polar surface area (TPSA) is 29.1 Å². The van der Waals surface area contributed by atoms with Gasteiger partial charge in [-0.25, -0.2) is 0 Å². The van der Waals surface area contributed by atoms with E-state index in [2.05, 4.69) is 37.2 Å². The second-order valence-corrected chi connectivity index (χ2v) is 6.91. The first-order chi connectivity index (χ1) is 8.65. The second kappa shape index (κ2) is 6.71. The Balaban J connectivity index is 1.76. The fourth-order valence-corrected chi connectivity index (χ4v) is 3.36. The van der Waals surface area contributed by atoms with E-state index in [1.165, 1.54) is 19.3 Å². The van der Waals surface area contributed by atoms with Crippen LogP contribution in [0.4, 0.5) is 0 Å². The van der Waals surface area contributed by atoms with Gasteiger partial charge < -0.3 is 5.32 Å². The van der Waals surface area contributed by atoms with Gasteiger partial charge in [-0.1, -0.05) is 50.4 Å². The minimum atomic E-state index is 0.115. The van der Waals surface area contributed by atoms with Crippen molar-refractivity contribution in [2.45, 2.75) is 30.5 Å². The number of carbonyl (C=O) groups is 1. The zero-order chi connectivity index (χ0) is 13.0. The molecule has 0 saturated heterocycles. The lowest BCUT2D eigenvalue weighted by Crippen LogP contribution is -2.32. The number of nitrogens with one attached hydrogen (secondary N) is 1. The molecule has 1 aromatic rings. The first kappa shape index (κ1) is 14.1. The smallest absolute Gasteiger partial charge is 0.224 e. The predicted octanol–water partition coefficient (Wildman–Crippen LogP) is 3.67. The van der Waals surface area contributed by atoms with Crippen molar-refractivity contribution in [2.75, 3.05) is 6.54 Å². The van der Waals surface area contributed by atoms with Gasteiger partial charge in [-0.2, -0.15) is 0 Å². The van der Waals surface area contributed by atoms with E-state index in [9.17, 15) is 4.79 Å². The fourth-order valence-electron chi connectivity index (χ4n) is 2.32. The predicted molar refractivity (Wildman–Crippen MR) is 80.9 cm³/mol. The van der Waals surface area contributed by atoms with Crippen molar-refractivity contribution in [1.82, 2.24) is 5.32 Å². The summed E-state index contributed by atoms with van der Waals surface area (Å²) in [6, 6.07) is 7.89. The van der Waals surface area contributed by atoms with Gasteiger partial charge in [-0.05, 0) is 36.5 Å². The van der Waals surface area contributed by atoms with E-state index in [0.717, 1.165) is 16.6 Å². The Kier molecular flexibility index (Phi) is 5.25. The third kappa shape index (κ3) is 4.09. The molecule has 4 heteroatoms. The zero-order valence-electron chi connectivity index (χ0n) is 10.2. The highest BCUT2D eigenvalue weighted by Gasteiger charge is 2.24. The van der Waals surface area contributed by atoms with E-state index in [0.29, 0.717) is 17.2 Å². The fraction of sp³-hybridized carbons (Fsp3) is 0.500. The molecule has 0 bridgehead atoms. The number of amides is 1. The van der Waals surface area contributed by atoms with Crippen molar-refractivity contribution >= 4 is 37.8 Å². The molecule has 1 aromatic carbocycles. The normalized spacial score (nSPS) is 23.0. The van der Waals surface area contributed by atoms with Gasteiger partial charge in [0, 0.05) is 15.8 Å². The molecule has 2 unspecified atom stereocenters. The molecule has 1 N–H and O–H groups in total. The molecule has 1 amide bonds. The third-order valence-corrected chi connectivity index (χ3v) is 5.14. The van der Waals surface area contributed by atoms with Gasteiger partial charge in [-0.15, -0.1) is 0 Å². The van der Waals surface area contributed by atoms with Crippen molar-refractivity contribution in [3.63, 3.8) is 0 Å². The van der Waals surface area contributed by atoms with Gasteiger partial charge in [0.2, 0.25) is 5.91 Å². The van der Waals surface area contributed by atoms with Crippen LogP contribution in [0, 0.1) is 5.92 Å². The second-order valence-electron chi connectivity index (χ2n) is 4.81. The quantitative estimate of drug-likeness (QED) is 0.800. The zero-order valence-corrected chi connectivity index (χ0v) is 13.3. The van der Waals surface area contributed by atoms with Gasteiger partial charge in [0.05, 0.1) is 6.42 Å². The summed E-state index contributed by atoms with van der Waals surface area (Å²) in [6.45, 7) is 0.797. The summed E-state index contributed by atoms with van der Waals surface area (Å²) in [5.41, 5.74) is 1.05. The van der Waals surface area contributed by atoms with Crippen LogP contribution in [0.15, 0.2) is 28.7 Å². The number of rotatable bonds is 4. The molecule has 18 heavy (non-hydrogen) atoms. The lowest BCUT2D eigenvalue weighted by atomic mass is 10.1. The van der Waals surface area contributed by atoms with Gasteiger partial charge >= 0.3 is 0 Å². The average molecular weight is 375 g/mol. The van der Waals surface area contributed by atoms with Crippen LogP contribution in [-0.2, 0) is 11.2 Å². The van der Waals surface area contributed by atoms with Gasteiger partial charge in [0.25, 0.3) is 0 Å². The Morgan fingerprint density at radius 2 is 2.00 bits per heavy atom. The van der Waals surface area contributed by atoms with Crippen LogP contribution in [-0.4, -0.2) is 17.3 Å². The van der Waals surface area contributed by atoms with Crippen molar-refractivity contribution in [1.29, 1.82) is 0 Å². The van der Waals surface area contributed by atoms with Gasteiger partial charge in [0.15, 0.2) is 0 Å². The highest BCUT2D eigenvalue weighted by atomic mass is 79.9. The summed E-state index contributed by atoms with van der Waals surface area (Å²) >= 11 is 7.06. The first-order valence-electron chi connectivity index (χ1n) is 6.30. The van der Waals surface area contributed by atoms with Crippen LogP contribution in [0.3, 0.4) is 0 Å². The van der Waals surface area contributed by atoms with Gasteiger partial charge in [0.1, 0.15) is 0 Å².